The molecule has 3 nitrogen and oxygen atoms in total. The van der Waals surface area contributed by atoms with E-state index in [9.17, 15) is 4.79 Å². The monoisotopic (exact) mass is 265 g/mol. The van der Waals surface area contributed by atoms with Gasteiger partial charge in [-0.2, -0.15) is 0 Å². The SMILES string of the molecule is CCC1CCN(Cc2sccc2/C=C/C(=O)O)C1. The van der Waals surface area contributed by atoms with Crippen LogP contribution in [0.4, 0.5) is 0 Å². The van der Waals surface area contributed by atoms with Crippen LogP contribution in [-0.2, 0) is 11.3 Å². The molecular weight excluding hydrogens is 246 g/mol. The number of hydrogen-bond donors (Lipinski definition) is 1. The Balaban J connectivity index is 1.98. The van der Waals surface area contributed by atoms with E-state index in [-0.39, 0.29) is 0 Å². The lowest BCUT2D eigenvalue weighted by molar-refractivity contribution is -0.131. The van der Waals surface area contributed by atoms with Crippen LogP contribution < -0.4 is 0 Å². The van der Waals surface area contributed by atoms with Crippen LogP contribution in [0.5, 0.6) is 0 Å². The van der Waals surface area contributed by atoms with E-state index < -0.39 is 5.97 Å². The first-order valence-corrected chi connectivity index (χ1v) is 7.26. The standard InChI is InChI=1S/C14H19NO2S/c1-2-11-5-7-15(9-11)10-13-12(6-8-18-13)3-4-14(16)17/h3-4,6,8,11H,2,5,7,9-10H2,1H3,(H,16,17)/b4-3+. The largest absolute Gasteiger partial charge is 0.478 e. The summed E-state index contributed by atoms with van der Waals surface area (Å²) in [6, 6.07) is 1.99. The minimum Gasteiger partial charge on any atom is -0.478 e. The van der Waals surface area contributed by atoms with Crippen molar-refractivity contribution in [1.82, 2.24) is 4.90 Å². The van der Waals surface area contributed by atoms with Gasteiger partial charge in [0, 0.05) is 24.0 Å². The van der Waals surface area contributed by atoms with Crippen molar-refractivity contribution in [3.63, 3.8) is 0 Å². The molecule has 0 radical (unpaired) electrons. The molecule has 4 heteroatoms. The third-order valence-electron chi connectivity index (χ3n) is 3.50. The Morgan fingerprint density at radius 1 is 1.67 bits per heavy atom. The van der Waals surface area contributed by atoms with Crippen molar-refractivity contribution in [2.45, 2.75) is 26.3 Å². The molecule has 0 saturated carbocycles. The predicted octanol–water partition coefficient (Wildman–Crippen LogP) is 3.08. The zero-order valence-electron chi connectivity index (χ0n) is 10.6. The van der Waals surface area contributed by atoms with E-state index in [1.54, 1.807) is 17.4 Å². The van der Waals surface area contributed by atoms with Crippen LogP contribution in [0.2, 0.25) is 0 Å². The molecule has 0 aromatic carbocycles. The van der Waals surface area contributed by atoms with Crippen molar-refractivity contribution >= 4 is 23.4 Å². The fourth-order valence-corrected chi connectivity index (χ4v) is 3.29. The summed E-state index contributed by atoms with van der Waals surface area (Å²) in [5, 5.41) is 10.7. The van der Waals surface area contributed by atoms with Crippen molar-refractivity contribution < 1.29 is 9.90 Å². The van der Waals surface area contributed by atoms with Gasteiger partial charge in [0.1, 0.15) is 0 Å². The van der Waals surface area contributed by atoms with Gasteiger partial charge in [0.2, 0.25) is 0 Å². The second-order valence-corrected chi connectivity index (χ2v) is 5.77. The molecule has 18 heavy (non-hydrogen) atoms. The number of aliphatic carboxylic acids is 1. The van der Waals surface area contributed by atoms with Crippen LogP contribution in [0.1, 0.15) is 30.2 Å². The number of nitrogens with zero attached hydrogens (tertiary/aromatic N) is 1. The molecule has 98 valence electrons. The molecule has 2 rings (SSSR count). The highest BCUT2D eigenvalue weighted by molar-refractivity contribution is 7.10. The Labute approximate surface area is 112 Å². The molecule has 1 unspecified atom stereocenters. The molecule has 1 aliphatic heterocycles. The van der Waals surface area contributed by atoms with E-state index in [0.29, 0.717) is 0 Å². The lowest BCUT2D eigenvalue weighted by atomic mass is 10.1. The van der Waals surface area contributed by atoms with Crippen LogP contribution in [0.15, 0.2) is 17.5 Å². The molecule has 0 amide bonds. The van der Waals surface area contributed by atoms with Crippen LogP contribution >= 0.6 is 11.3 Å². The normalized spacial score (nSPS) is 20.8. The number of rotatable bonds is 5. The van der Waals surface area contributed by atoms with Crippen LogP contribution in [0.25, 0.3) is 6.08 Å². The van der Waals surface area contributed by atoms with Crippen molar-refractivity contribution in [1.29, 1.82) is 0 Å². The van der Waals surface area contributed by atoms with Gasteiger partial charge < -0.3 is 5.11 Å². The van der Waals surface area contributed by atoms with Gasteiger partial charge in [-0.3, -0.25) is 4.90 Å². The highest BCUT2D eigenvalue weighted by Crippen LogP contribution is 2.25. The third-order valence-corrected chi connectivity index (χ3v) is 4.42. The van der Waals surface area contributed by atoms with E-state index in [2.05, 4.69) is 11.8 Å². The number of carboxylic acid groups (broad SMARTS) is 1. The number of hydrogen-bond acceptors (Lipinski definition) is 3. The summed E-state index contributed by atoms with van der Waals surface area (Å²) < 4.78 is 0. The van der Waals surface area contributed by atoms with E-state index in [4.69, 9.17) is 5.11 Å². The molecule has 1 atom stereocenters. The Morgan fingerprint density at radius 2 is 2.50 bits per heavy atom. The lowest BCUT2D eigenvalue weighted by Gasteiger charge is -2.15. The van der Waals surface area contributed by atoms with Gasteiger partial charge in [-0.1, -0.05) is 13.3 Å². The summed E-state index contributed by atoms with van der Waals surface area (Å²) in [7, 11) is 0. The highest BCUT2D eigenvalue weighted by Gasteiger charge is 2.21. The van der Waals surface area contributed by atoms with E-state index in [1.807, 2.05) is 11.4 Å². The fraction of sp³-hybridized carbons (Fsp3) is 0.500. The van der Waals surface area contributed by atoms with Crippen molar-refractivity contribution in [2.75, 3.05) is 13.1 Å². The molecule has 1 aromatic heterocycles. The predicted molar refractivity (Wildman–Crippen MR) is 74.7 cm³/mol. The van der Waals surface area contributed by atoms with Crippen molar-refractivity contribution in [3.05, 3.63) is 28.0 Å². The molecule has 1 aliphatic rings. The lowest BCUT2D eigenvalue weighted by Crippen LogP contribution is -2.19. The molecule has 1 saturated heterocycles. The topological polar surface area (TPSA) is 40.5 Å². The van der Waals surface area contributed by atoms with Gasteiger partial charge in [-0.05, 0) is 42.0 Å². The number of thiophene rings is 1. The van der Waals surface area contributed by atoms with E-state index in [0.717, 1.165) is 18.0 Å². The summed E-state index contributed by atoms with van der Waals surface area (Å²) in [6.45, 7) is 5.54. The van der Waals surface area contributed by atoms with Gasteiger partial charge in [-0.15, -0.1) is 11.3 Å². The molecule has 0 spiro atoms. The smallest absolute Gasteiger partial charge is 0.328 e. The summed E-state index contributed by atoms with van der Waals surface area (Å²) >= 11 is 1.71. The number of carbonyl (C=O) groups is 1. The Bertz CT molecular complexity index is 439. The molecule has 1 aromatic rings. The fourth-order valence-electron chi connectivity index (χ4n) is 2.38. The minimum atomic E-state index is -0.889. The Morgan fingerprint density at radius 3 is 3.17 bits per heavy atom. The van der Waals surface area contributed by atoms with Crippen LogP contribution in [0, 0.1) is 5.92 Å². The Kier molecular flexibility index (Phi) is 4.55. The maximum atomic E-state index is 10.5. The Hall–Kier alpha value is -1.13. The zero-order chi connectivity index (χ0) is 13.0. The number of likely N-dealkylation sites (tertiary alicyclic amines) is 1. The van der Waals surface area contributed by atoms with E-state index in [1.165, 1.54) is 36.9 Å². The molecule has 1 fully saturated rings. The van der Waals surface area contributed by atoms with Gasteiger partial charge >= 0.3 is 5.97 Å². The van der Waals surface area contributed by atoms with E-state index >= 15 is 0 Å². The third kappa shape index (κ3) is 3.43. The van der Waals surface area contributed by atoms with Gasteiger partial charge in [0.15, 0.2) is 0 Å². The summed E-state index contributed by atoms with van der Waals surface area (Å²) in [4.78, 5) is 14.3. The minimum absolute atomic E-state index is 0.836. The quantitative estimate of drug-likeness (QED) is 0.832. The first-order valence-electron chi connectivity index (χ1n) is 6.38. The molecule has 1 N–H and O–H groups in total. The number of carboxylic acids is 1. The van der Waals surface area contributed by atoms with Crippen molar-refractivity contribution in [3.8, 4) is 0 Å². The first-order chi connectivity index (χ1) is 8.69. The molecular formula is C14H19NO2S. The van der Waals surface area contributed by atoms with Gasteiger partial charge in [-0.25, -0.2) is 4.79 Å². The summed E-state index contributed by atoms with van der Waals surface area (Å²) in [5.74, 6) is -0.0534. The average Bonchev–Trinajstić information content (AvgIpc) is 2.96. The summed E-state index contributed by atoms with van der Waals surface area (Å²) in [5.41, 5.74) is 1.04. The van der Waals surface area contributed by atoms with Crippen LogP contribution in [0.3, 0.4) is 0 Å². The van der Waals surface area contributed by atoms with Crippen molar-refractivity contribution in [2.24, 2.45) is 5.92 Å². The van der Waals surface area contributed by atoms with Gasteiger partial charge in [0.05, 0.1) is 0 Å². The second-order valence-electron chi connectivity index (χ2n) is 4.77. The maximum Gasteiger partial charge on any atom is 0.328 e. The maximum absolute atomic E-state index is 10.5. The first kappa shape index (κ1) is 13.3. The van der Waals surface area contributed by atoms with Crippen LogP contribution in [-0.4, -0.2) is 29.1 Å². The highest BCUT2D eigenvalue weighted by atomic mass is 32.1. The second kappa shape index (κ2) is 6.16. The zero-order valence-corrected chi connectivity index (χ0v) is 11.4. The molecule has 0 bridgehead atoms. The average molecular weight is 265 g/mol. The molecule has 2 heterocycles. The molecule has 0 aliphatic carbocycles. The van der Waals surface area contributed by atoms with Gasteiger partial charge in [0.25, 0.3) is 0 Å². The summed E-state index contributed by atoms with van der Waals surface area (Å²) in [6.07, 6.45) is 5.46.